The summed E-state index contributed by atoms with van der Waals surface area (Å²) >= 11 is 0. The highest BCUT2D eigenvalue weighted by atomic mass is 16.6. The van der Waals surface area contributed by atoms with Gasteiger partial charge in [0.15, 0.2) is 17.6 Å². The first-order valence-electron chi connectivity index (χ1n) is 7.68. The number of hydrogen-bond acceptors (Lipinski definition) is 4. The average Bonchev–Trinajstić information content (AvgIpc) is 2.60. The summed E-state index contributed by atoms with van der Waals surface area (Å²) in [5, 5.41) is 2.86. The van der Waals surface area contributed by atoms with Crippen LogP contribution >= 0.6 is 0 Å². The molecule has 3 rings (SSSR count). The minimum absolute atomic E-state index is 0.187. The molecule has 0 aromatic heterocycles. The molecule has 1 heterocycles. The molecule has 1 aliphatic heterocycles. The second-order valence-electron chi connectivity index (χ2n) is 5.18. The number of benzene rings is 2. The number of carbonyl (C=O) groups excluding carboxylic acids is 1. The fraction of sp³-hybridized carbons (Fsp3) is 0.278. The van der Waals surface area contributed by atoms with E-state index in [4.69, 9.17) is 14.2 Å². The molecule has 0 unspecified atom stereocenters. The average molecular weight is 313 g/mol. The van der Waals surface area contributed by atoms with E-state index >= 15 is 0 Å². The van der Waals surface area contributed by atoms with Gasteiger partial charge in [-0.1, -0.05) is 25.1 Å². The van der Waals surface area contributed by atoms with Crippen LogP contribution in [0.5, 0.6) is 17.2 Å². The van der Waals surface area contributed by atoms with E-state index in [9.17, 15) is 4.79 Å². The van der Waals surface area contributed by atoms with Gasteiger partial charge >= 0.3 is 0 Å². The Morgan fingerprint density at radius 3 is 2.61 bits per heavy atom. The van der Waals surface area contributed by atoms with Crippen LogP contribution in [0.2, 0.25) is 0 Å². The molecular formula is C18H19NO4. The van der Waals surface area contributed by atoms with Gasteiger partial charge in [-0.25, -0.2) is 0 Å². The van der Waals surface area contributed by atoms with E-state index in [1.807, 2.05) is 37.3 Å². The lowest BCUT2D eigenvalue weighted by Gasteiger charge is -2.20. The van der Waals surface area contributed by atoms with Crippen LogP contribution in [0.1, 0.15) is 13.3 Å². The SMILES string of the molecule is CC[C@H](Oc1ccccc1)C(=O)Nc1ccc2c(c1)OCCO2. The predicted octanol–water partition coefficient (Wildman–Crippen LogP) is 3.25. The third-order valence-electron chi connectivity index (χ3n) is 3.49. The van der Waals surface area contributed by atoms with Gasteiger partial charge in [-0.2, -0.15) is 0 Å². The fourth-order valence-corrected chi connectivity index (χ4v) is 2.33. The zero-order chi connectivity index (χ0) is 16.1. The van der Waals surface area contributed by atoms with Crippen molar-refractivity contribution >= 4 is 11.6 Å². The van der Waals surface area contributed by atoms with E-state index in [2.05, 4.69) is 5.32 Å². The standard InChI is InChI=1S/C18H19NO4/c1-2-15(23-14-6-4-3-5-7-14)18(20)19-13-8-9-16-17(12-13)22-11-10-21-16/h3-9,12,15H,2,10-11H2,1H3,(H,19,20)/t15-/m0/s1. The fourth-order valence-electron chi connectivity index (χ4n) is 2.33. The van der Waals surface area contributed by atoms with Crippen LogP contribution in [-0.4, -0.2) is 25.2 Å². The zero-order valence-corrected chi connectivity index (χ0v) is 13.0. The molecule has 5 nitrogen and oxygen atoms in total. The number of carbonyl (C=O) groups is 1. The van der Waals surface area contributed by atoms with Gasteiger partial charge in [-0.05, 0) is 30.7 Å². The molecule has 1 aliphatic rings. The summed E-state index contributed by atoms with van der Waals surface area (Å²) in [6, 6.07) is 14.7. The number of fused-ring (bicyclic) bond motifs is 1. The van der Waals surface area contributed by atoms with Crippen LogP contribution in [0, 0.1) is 0 Å². The van der Waals surface area contributed by atoms with Gasteiger partial charge in [0.2, 0.25) is 0 Å². The molecule has 1 atom stereocenters. The van der Waals surface area contributed by atoms with Crippen LogP contribution in [0.15, 0.2) is 48.5 Å². The Bertz CT molecular complexity index is 672. The minimum Gasteiger partial charge on any atom is -0.486 e. The van der Waals surface area contributed by atoms with Gasteiger partial charge in [0, 0.05) is 11.8 Å². The Balaban J connectivity index is 1.67. The van der Waals surface area contributed by atoms with E-state index in [-0.39, 0.29) is 5.91 Å². The number of amides is 1. The first-order chi connectivity index (χ1) is 11.3. The maximum Gasteiger partial charge on any atom is 0.265 e. The third kappa shape index (κ3) is 3.74. The van der Waals surface area contributed by atoms with Crippen LogP contribution < -0.4 is 19.5 Å². The molecule has 0 aliphatic carbocycles. The van der Waals surface area contributed by atoms with Crippen LogP contribution in [-0.2, 0) is 4.79 Å². The molecule has 1 N–H and O–H groups in total. The van der Waals surface area contributed by atoms with Crippen molar-refractivity contribution in [1.82, 2.24) is 0 Å². The quantitative estimate of drug-likeness (QED) is 0.920. The molecular weight excluding hydrogens is 294 g/mol. The van der Waals surface area contributed by atoms with Crippen molar-refractivity contribution in [2.45, 2.75) is 19.4 Å². The number of rotatable bonds is 5. The Hall–Kier alpha value is -2.69. The number of para-hydroxylation sites is 1. The van der Waals surface area contributed by atoms with Crippen molar-refractivity contribution < 1.29 is 19.0 Å². The predicted molar refractivity (Wildman–Crippen MR) is 87.2 cm³/mol. The second kappa shape index (κ2) is 7.05. The molecule has 1 amide bonds. The van der Waals surface area contributed by atoms with E-state index in [0.717, 1.165) is 0 Å². The summed E-state index contributed by atoms with van der Waals surface area (Å²) in [6.07, 6.45) is 0.0243. The van der Waals surface area contributed by atoms with Gasteiger partial charge in [0.1, 0.15) is 19.0 Å². The maximum absolute atomic E-state index is 12.4. The number of anilines is 1. The van der Waals surface area contributed by atoms with Gasteiger partial charge in [-0.3, -0.25) is 4.79 Å². The molecule has 0 fully saturated rings. The molecule has 0 spiro atoms. The highest BCUT2D eigenvalue weighted by Crippen LogP contribution is 2.32. The van der Waals surface area contributed by atoms with E-state index in [1.54, 1.807) is 18.2 Å². The summed E-state index contributed by atoms with van der Waals surface area (Å²) in [5.74, 6) is 1.83. The first kappa shape index (κ1) is 15.2. The first-order valence-corrected chi connectivity index (χ1v) is 7.68. The topological polar surface area (TPSA) is 56.8 Å². The molecule has 23 heavy (non-hydrogen) atoms. The van der Waals surface area contributed by atoms with Crippen LogP contribution in [0.3, 0.4) is 0 Å². The van der Waals surface area contributed by atoms with Crippen LogP contribution in [0.25, 0.3) is 0 Å². The van der Waals surface area contributed by atoms with Gasteiger partial charge in [0.25, 0.3) is 5.91 Å². The maximum atomic E-state index is 12.4. The highest BCUT2D eigenvalue weighted by Gasteiger charge is 2.19. The van der Waals surface area contributed by atoms with Crippen molar-refractivity contribution in [2.75, 3.05) is 18.5 Å². The van der Waals surface area contributed by atoms with Gasteiger partial charge in [-0.15, -0.1) is 0 Å². The molecule has 0 bridgehead atoms. The summed E-state index contributed by atoms with van der Waals surface area (Å²) < 4.78 is 16.7. The van der Waals surface area contributed by atoms with Gasteiger partial charge < -0.3 is 19.5 Å². The van der Waals surface area contributed by atoms with Crippen molar-refractivity contribution in [3.05, 3.63) is 48.5 Å². The van der Waals surface area contributed by atoms with Crippen molar-refractivity contribution in [2.24, 2.45) is 0 Å². The number of nitrogens with one attached hydrogen (secondary N) is 1. The monoisotopic (exact) mass is 313 g/mol. The second-order valence-corrected chi connectivity index (χ2v) is 5.18. The summed E-state index contributed by atoms with van der Waals surface area (Å²) in [7, 11) is 0. The van der Waals surface area contributed by atoms with E-state index in [0.29, 0.717) is 42.6 Å². The van der Waals surface area contributed by atoms with Crippen molar-refractivity contribution in [3.63, 3.8) is 0 Å². The number of hydrogen-bond donors (Lipinski definition) is 1. The highest BCUT2D eigenvalue weighted by molar-refractivity contribution is 5.94. The van der Waals surface area contributed by atoms with E-state index < -0.39 is 6.10 Å². The molecule has 2 aromatic rings. The van der Waals surface area contributed by atoms with Crippen molar-refractivity contribution in [1.29, 1.82) is 0 Å². The largest absolute Gasteiger partial charge is 0.486 e. The third-order valence-corrected chi connectivity index (χ3v) is 3.49. The minimum atomic E-state index is -0.550. The molecule has 5 heteroatoms. The molecule has 120 valence electrons. The summed E-state index contributed by atoms with van der Waals surface area (Å²) in [6.45, 7) is 2.97. The lowest BCUT2D eigenvalue weighted by Crippen LogP contribution is -2.32. The Morgan fingerprint density at radius 2 is 1.87 bits per heavy atom. The lowest BCUT2D eigenvalue weighted by molar-refractivity contribution is -0.122. The van der Waals surface area contributed by atoms with Gasteiger partial charge in [0.05, 0.1) is 0 Å². The molecule has 0 saturated heterocycles. The molecule has 0 saturated carbocycles. The Labute approximate surface area is 135 Å². The normalized spacial score (nSPS) is 14.0. The molecule has 0 radical (unpaired) electrons. The molecule has 2 aromatic carbocycles. The Kier molecular flexibility index (Phi) is 4.66. The Morgan fingerprint density at radius 1 is 1.13 bits per heavy atom. The van der Waals surface area contributed by atoms with Crippen molar-refractivity contribution in [3.8, 4) is 17.2 Å². The smallest absolute Gasteiger partial charge is 0.265 e. The number of ether oxygens (including phenoxy) is 3. The van der Waals surface area contributed by atoms with Crippen LogP contribution in [0.4, 0.5) is 5.69 Å². The summed E-state index contributed by atoms with van der Waals surface area (Å²) in [5.41, 5.74) is 0.661. The lowest BCUT2D eigenvalue weighted by atomic mass is 10.2. The summed E-state index contributed by atoms with van der Waals surface area (Å²) in [4.78, 5) is 12.4. The zero-order valence-electron chi connectivity index (χ0n) is 13.0. The van der Waals surface area contributed by atoms with E-state index in [1.165, 1.54) is 0 Å².